The van der Waals surface area contributed by atoms with Crippen LogP contribution in [0.1, 0.15) is 5.69 Å². The number of aromatic nitrogens is 1. The molecule has 1 aromatic carbocycles. The number of benzene rings is 1. The summed E-state index contributed by atoms with van der Waals surface area (Å²) in [6.45, 7) is 2.24. The second kappa shape index (κ2) is 4.29. The molecular formula is C12H12BrNO2. The first-order valence-electron chi connectivity index (χ1n) is 4.94. The fourth-order valence-corrected chi connectivity index (χ4v) is 2.16. The summed E-state index contributed by atoms with van der Waals surface area (Å²) in [5.74, 6) is -0.233. The highest BCUT2D eigenvalue weighted by molar-refractivity contribution is 9.10. The fraction of sp³-hybridized carbons (Fsp3) is 0.250. The first kappa shape index (κ1) is 11.2. The number of ether oxygens (including phenoxy) is 1. The van der Waals surface area contributed by atoms with E-state index in [-0.39, 0.29) is 12.5 Å². The zero-order valence-corrected chi connectivity index (χ0v) is 10.7. The number of carbonyl (C=O) groups excluding carboxylic acids is 1. The Morgan fingerprint density at radius 2 is 2.19 bits per heavy atom. The minimum absolute atomic E-state index is 0.233. The Kier molecular flexibility index (Phi) is 3.01. The van der Waals surface area contributed by atoms with Gasteiger partial charge in [-0.3, -0.25) is 4.79 Å². The van der Waals surface area contributed by atoms with Gasteiger partial charge >= 0.3 is 5.97 Å². The van der Waals surface area contributed by atoms with Gasteiger partial charge in [-0.15, -0.1) is 0 Å². The van der Waals surface area contributed by atoms with Crippen LogP contribution in [-0.4, -0.2) is 17.6 Å². The number of halogens is 1. The topological polar surface area (TPSA) is 31.2 Å². The van der Waals surface area contributed by atoms with E-state index in [2.05, 4.69) is 26.7 Å². The van der Waals surface area contributed by atoms with Crippen LogP contribution in [0.5, 0.6) is 0 Å². The van der Waals surface area contributed by atoms with Crippen molar-refractivity contribution in [1.82, 2.24) is 4.57 Å². The Hall–Kier alpha value is -1.29. The van der Waals surface area contributed by atoms with Crippen LogP contribution >= 0.6 is 15.9 Å². The van der Waals surface area contributed by atoms with Crippen LogP contribution in [0, 0.1) is 6.92 Å². The molecule has 4 heteroatoms. The first-order valence-corrected chi connectivity index (χ1v) is 5.73. The molecule has 0 atom stereocenters. The van der Waals surface area contributed by atoms with Crippen molar-refractivity contribution in [2.75, 3.05) is 7.11 Å². The first-order chi connectivity index (χ1) is 7.61. The van der Waals surface area contributed by atoms with Crippen LogP contribution in [0.15, 0.2) is 28.7 Å². The molecule has 0 aliphatic rings. The monoisotopic (exact) mass is 281 g/mol. The largest absolute Gasteiger partial charge is 0.468 e. The Labute approximate surface area is 102 Å². The molecular weight excluding hydrogens is 270 g/mol. The van der Waals surface area contributed by atoms with Gasteiger partial charge in [-0.1, -0.05) is 15.9 Å². The summed E-state index contributed by atoms with van der Waals surface area (Å²) in [6, 6.07) is 8.06. The number of hydrogen-bond acceptors (Lipinski definition) is 2. The SMILES string of the molecule is COC(=O)Cn1c(C)cc2cc(Br)ccc21. The quantitative estimate of drug-likeness (QED) is 0.793. The Bertz CT molecular complexity index is 545. The highest BCUT2D eigenvalue weighted by atomic mass is 79.9. The van der Waals surface area contributed by atoms with Gasteiger partial charge in [0.15, 0.2) is 0 Å². The van der Waals surface area contributed by atoms with Gasteiger partial charge in [0.2, 0.25) is 0 Å². The summed E-state index contributed by atoms with van der Waals surface area (Å²) in [7, 11) is 1.40. The molecule has 1 aromatic heterocycles. The van der Waals surface area contributed by atoms with Crippen molar-refractivity contribution < 1.29 is 9.53 Å². The Morgan fingerprint density at radius 1 is 1.44 bits per heavy atom. The maximum atomic E-state index is 11.3. The van der Waals surface area contributed by atoms with Crippen molar-refractivity contribution >= 4 is 32.8 Å². The Balaban J connectivity index is 2.52. The highest BCUT2D eigenvalue weighted by Gasteiger charge is 2.09. The molecule has 0 spiro atoms. The summed E-state index contributed by atoms with van der Waals surface area (Å²) in [4.78, 5) is 11.3. The van der Waals surface area contributed by atoms with E-state index in [1.807, 2.05) is 29.7 Å². The molecule has 0 saturated heterocycles. The van der Waals surface area contributed by atoms with Crippen molar-refractivity contribution in [3.8, 4) is 0 Å². The molecule has 2 rings (SSSR count). The van der Waals surface area contributed by atoms with Crippen molar-refractivity contribution in [3.63, 3.8) is 0 Å². The second-order valence-corrected chi connectivity index (χ2v) is 4.57. The van der Waals surface area contributed by atoms with E-state index in [4.69, 9.17) is 0 Å². The van der Waals surface area contributed by atoms with Gasteiger partial charge in [0, 0.05) is 21.1 Å². The van der Waals surface area contributed by atoms with E-state index >= 15 is 0 Å². The predicted octanol–water partition coefficient (Wildman–Crippen LogP) is 2.89. The molecule has 0 amide bonds. The van der Waals surface area contributed by atoms with Crippen molar-refractivity contribution in [3.05, 3.63) is 34.4 Å². The summed E-state index contributed by atoms with van der Waals surface area (Å²) in [5.41, 5.74) is 2.10. The number of methoxy groups -OCH3 is 1. The predicted molar refractivity (Wildman–Crippen MR) is 66.4 cm³/mol. The number of esters is 1. The zero-order valence-electron chi connectivity index (χ0n) is 9.16. The molecule has 0 radical (unpaired) electrons. The normalized spacial score (nSPS) is 10.7. The van der Waals surface area contributed by atoms with E-state index in [1.165, 1.54) is 7.11 Å². The van der Waals surface area contributed by atoms with E-state index in [9.17, 15) is 4.79 Å². The number of hydrogen-bond donors (Lipinski definition) is 0. The molecule has 0 aliphatic heterocycles. The van der Waals surface area contributed by atoms with Crippen LogP contribution < -0.4 is 0 Å². The van der Waals surface area contributed by atoms with Gasteiger partial charge in [-0.25, -0.2) is 0 Å². The zero-order chi connectivity index (χ0) is 11.7. The van der Waals surface area contributed by atoms with E-state index in [1.54, 1.807) is 0 Å². The molecule has 16 heavy (non-hydrogen) atoms. The minimum Gasteiger partial charge on any atom is -0.468 e. The molecule has 0 fully saturated rings. The van der Waals surface area contributed by atoms with E-state index in [0.717, 1.165) is 21.1 Å². The number of fused-ring (bicyclic) bond motifs is 1. The van der Waals surface area contributed by atoms with Gasteiger partial charge < -0.3 is 9.30 Å². The highest BCUT2D eigenvalue weighted by Crippen LogP contribution is 2.23. The van der Waals surface area contributed by atoms with Crippen LogP contribution in [-0.2, 0) is 16.1 Å². The molecule has 0 bridgehead atoms. The molecule has 0 saturated carbocycles. The Morgan fingerprint density at radius 3 is 2.88 bits per heavy atom. The summed E-state index contributed by atoms with van der Waals surface area (Å²) >= 11 is 3.43. The summed E-state index contributed by atoms with van der Waals surface area (Å²) < 4.78 is 7.67. The lowest BCUT2D eigenvalue weighted by atomic mass is 10.2. The number of nitrogens with zero attached hydrogens (tertiary/aromatic N) is 1. The second-order valence-electron chi connectivity index (χ2n) is 3.65. The van der Waals surface area contributed by atoms with Crippen LogP contribution in [0.2, 0.25) is 0 Å². The molecule has 84 valence electrons. The van der Waals surface area contributed by atoms with Crippen LogP contribution in [0.4, 0.5) is 0 Å². The number of rotatable bonds is 2. The van der Waals surface area contributed by atoms with Crippen LogP contribution in [0.25, 0.3) is 10.9 Å². The molecule has 0 unspecified atom stereocenters. The molecule has 0 aliphatic carbocycles. The lowest BCUT2D eigenvalue weighted by Gasteiger charge is -2.06. The summed E-state index contributed by atoms with van der Waals surface area (Å²) in [6.07, 6.45) is 0. The third kappa shape index (κ3) is 1.97. The number of carbonyl (C=O) groups is 1. The van der Waals surface area contributed by atoms with Gasteiger partial charge in [0.25, 0.3) is 0 Å². The lowest BCUT2D eigenvalue weighted by Crippen LogP contribution is -2.12. The van der Waals surface area contributed by atoms with Gasteiger partial charge in [0.1, 0.15) is 6.54 Å². The maximum absolute atomic E-state index is 11.3. The smallest absolute Gasteiger partial charge is 0.325 e. The van der Waals surface area contributed by atoms with Gasteiger partial charge in [-0.2, -0.15) is 0 Å². The van der Waals surface area contributed by atoms with Crippen LogP contribution in [0.3, 0.4) is 0 Å². The van der Waals surface area contributed by atoms with Gasteiger partial charge in [-0.05, 0) is 31.2 Å². The fourth-order valence-electron chi connectivity index (χ4n) is 1.78. The third-order valence-electron chi connectivity index (χ3n) is 2.59. The standard InChI is InChI=1S/C12H12BrNO2/c1-8-5-9-6-10(13)3-4-11(9)14(8)7-12(15)16-2/h3-6H,7H2,1-2H3. The average molecular weight is 282 g/mol. The maximum Gasteiger partial charge on any atom is 0.325 e. The number of aryl methyl sites for hydroxylation is 1. The van der Waals surface area contributed by atoms with Crippen molar-refractivity contribution in [1.29, 1.82) is 0 Å². The van der Waals surface area contributed by atoms with Crippen molar-refractivity contribution in [2.45, 2.75) is 13.5 Å². The molecule has 2 aromatic rings. The summed E-state index contributed by atoms with van der Waals surface area (Å²) in [5, 5.41) is 1.12. The molecule has 1 heterocycles. The van der Waals surface area contributed by atoms with Crippen molar-refractivity contribution in [2.24, 2.45) is 0 Å². The van der Waals surface area contributed by atoms with E-state index in [0.29, 0.717) is 0 Å². The van der Waals surface area contributed by atoms with E-state index < -0.39 is 0 Å². The molecule has 3 nitrogen and oxygen atoms in total. The molecule has 0 N–H and O–H groups in total. The van der Waals surface area contributed by atoms with Gasteiger partial charge in [0.05, 0.1) is 7.11 Å². The third-order valence-corrected chi connectivity index (χ3v) is 3.08. The average Bonchev–Trinajstić information content (AvgIpc) is 2.54. The minimum atomic E-state index is -0.233. The lowest BCUT2D eigenvalue weighted by molar-refractivity contribution is -0.141.